The molecule has 0 spiro atoms. The first-order valence-electron chi connectivity index (χ1n) is 7.69. The fourth-order valence-electron chi connectivity index (χ4n) is 2.71. The fourth-order valence-corrected chi connectivity index (χ4v) is 2.92. The van der Waals surface area contributed by atoms with Gasteiger partial charge in [-0.05, 0) is 49.7 Å². The van der Waals surface area contributed by atoms with E-state index in [9.17, 15) is 9.59 Å². The van der Waals surface area contributed by atoms with E-state index in [1.807, 2.05) is 26.0 Å². The molecule has 0 fully saturated rings. The van der Waals surface area contributed by atoms with Crippen LogP contribution in [-0.4, -0.2) is 18.9 Å². The Hall–Kier alpha value is -2.79. The average Bonchev–Trinajstić information content (AvgIpc) is 2.80. The first-order valence-corrected chi connectivity index (χ1v) is 8.07. The molecular weight excluding hydrogens is 340 g/mol. The van der Waals surface area contributed by atoms with Gasteiger partial charge in [-0.3, -0.25) is 9.59 Å². The molecule has 1 aliphatic heterocycles. The van der Waals surface area contributed by atoms with Gasteiger partial charge in [0, 0.05) is 5.69 Å². The molecule has 0 radical (unpaired) electrons. The smallest absolute Gasteiger partial charge is 0.283 e. The molecule has 0 atom stereocenters. The van der Waals surface area contributed by atoms with Gasteiger partial charge < -0.3 is 10.1 Å². The van der Waals surface area contributed by atoms with Gasteiger partial charge in [-0.15, -0.1) is 0 Å². The highest BCUT2D eigenvalue weighted by atomic mass is 35.5. The lowest BCUT2D eigenvalue weighted by Gasteiger charge is -2.18. The van der Waals surface area contributed by atoms with Crippen molar-refractivity contribution in [2.75, 3.05) is 17.3 Å². The molecule has 0 aliphatic carbocycles. The number of carbonyl (C=O) groups is 2. The predicted molar refractivity (Wildman–Crippen MR) is 97.9 cm³/mol. The van der Waals surface area contributed by atoms with Crippen LogP contribution < -0.4 is 15.0 Å². The summed E-state index contributed by atoms with van der Waals surface area (Å²) in [5, 5.41) is 2.81. The zero-order valence-corrected chi connectivity index (χ0v) is 14.8. The van der Waals surface area contributed by atoms with Crippen molar-refractivity contribution < 1.29 is 14.3 Å². The monoisotopic (exact) mass is 356 g/mol. The number of carbonyl (C=O) groups excluding carboxylic acids is 2. The van der Waals surface area contributed by atoms with E-state index in [1.54, 1.807) is 37.4 Å². The summed E-state index contributed by atoms with van der Waals surface area (Å²) in [6, 6.07) is 12.5. The Balaban J connectivity index is 1.90. The molecular formula is C19H17ClN2O3. The number of benzene rings is 2. The number of anilines is 2. The molecule has 0 bridgehead atoms. The summed E-state index contributed by atoms with van der Waals surface area (Å²) < 4.78 is 5.10. The molecule has 1 aliphatic rings. The van der Waals surface area contributed by atoms with Crippen LogP contribution in [-0.2, 0) is 9.59 Å². The Morgan fingerprint density at radius 3 is 2.28 bits per heavy atom. The van der Waals surface area contributed by atoms with E-state index in [1.165, 1.54) is 0 Å². The third kappa shape index (κ3) is 3.10. The molecule has 0 saturated carbocycles. The quantitative estimate of drug-likeness (QED) is 0.848. The Bertz CT molecular complexity index is 888. The van der Waals surface area contributed by atoms with Crippen LogP contribution in [0.2, 0.25) is 0 Å². The maximum absolute atomic E-state index is 12.8. The lowest BCUT2D eigenvalue weighted by atomic mass is 10.1. The zero-order valence-electron chi connectivity index (χ0n) is 14.1. The highest BCUT2D eigenvalue weighted by Crippen LogP contribution is 2.32. The zero-order chi connectivity index (χ0) is 18.1. The molecule has 1 N–H and O–H groups in total. The molecule has 5 nitrogen and oxygen atoms in total. The van der Waals surface area contributed by atoms with Gasteiger partial charge in [0.2, 0.25) is 0 Å². The van der Waals surface area contributed by atoms with Crippen LogP contribution in [0.4, 0.5) is 11.4 Å². The van der Waals surface area contributed by atoms with Crippen LogP contribution in [0.5, 0.6) is 5.75 Å². The minimum absolute atomic E-state index is 0.0665. The average molecular weight is 357 g/mol. The molecule has 2 aromatic rings. The van der Waals surface area contributed by atoms with Crippen molar-refractivity contribution in [2.24, 2.45) is 0 Å². The maximum Gasteiger partial charge on any atom is 0.283 e. The number of halogens is 1. The van der Waals surface area contributed by atoms with Crippen molar-refractivity contribution in [1.29, 1.82) is 0 Å². The first-order chi connectivity index (χ1) is 11.9. The second-order valence-electron chi connectivity index (χ2n) is 5.78. The lowest BCUT2D eigenvalue weighted by molar-refractivity contribution is -0.120. The molecule has 6 heteroatoms. The summed E-state index contributed by atoms with van der Waals surface area (Å²) in [4.78, 5) is 26.4. The Kier molecular flexibility index (Phi) is 4.51. The van der Waals surface area contributed by atoms with E-state index < -0.39 is 11.8 Å². The van der Waals surface area contributed by atoms with Crippen molar-refractivity contribution >= 4 is 34.8 Å². The fraction of sp³-hybridized carbons (Fsp3) is 0.158. The van der Waals surface area contributed by atoms with E-state index in [-0.39, 0.29) is 10.7 Å². The normalized spacial score (nSPS) is 14.3. The third-order valence-electron chi connectivity index (χ3n) is 3.98. The highest BCUT2D eigenvalue weighted by Gasteiger charge is 2.39. The van der Waals surface area contributed by atoms with Crippen molar-refractivity contribution in [3.8, 4) is 5.75 Å². The van der Waals surface area contributed by atoms with Crippen LogP contribution >= 0.6 is 11.6 Å². The Morgan fingerprint density at radius 1 is 1.00 bits per heavy atom. The van der Waals surface area contributed by atoms with Gasteiger partial charge in [-0.1, -0.05) is 29.3 Å². The minimum Gasteiger partial charge on any atom is -0.497 e. The number of rotatable bonds is 4. The summed E-state index contributed by atoms with van der Waals surface area (Å²) in [5.74, 6) is -0.316. The van der Waals surface area contributed by atoms with E-state index >= 15 is 0 Å². The highest BCUT2D eigenvalue weighted by molar-refractivity contribution is 6.53. The number of methoxy groups -OCH3 is 1. The van der Waals surface area contributed by atoms with Crippen LogP contribution in [0.3, 0.4) is 0 Å². The van der Waals surface area contributed by atoms with Gasteiger partial charge >= 0.3 is 0 Å². The first kappa shape index (κ1) is 17.0. The summed E-state index contributed by atoms with van der Waals surface area (Å²) in [6.07, 6.45) is 0. The largest absolute Gasteiger partial charge is 0.497 e. The molecule has 0 unspecified atom stereocenters. The van der Waals surface area contributed by atoms with E-state index in [0.29, 0.717) is 17.1 Å². The minimum atomic E-state index is -0.533. The maximum atomic E-state index is 12.8. The van der Waals surface area contributed by atoms with Crippen LogP contribution in [0.1, 0.15) is 11.1 Å². The summed E-state index contributed by atoms with van der Waals surface area (Å²) in [7, 11) is 1.57. The number of nitrogens with zero attached hydrogens (tertiary/aromatic N) is 1. The van der Waals surface area contributed by atoms with Crippen molar-refractivity contribution in [2.45, 2.75) is 13.8 Å². The summed E-state index contributed by atoms with van der Waals surface area (Å²) >= 11 is 6.14. The molecule has 0 aromatic heterocycles. The Morgan fingerprint density at radius 2 is 1.68 bits per heavy atom. The second-order valence-corrected chi connectivity index (χ2v) is 6.16. The van der Waals surface area contributed by atoms with E-state index in [0.717, 1.165) is 16.0 Å². The summed E-state index contributed by atoms with van der Waals surface area (Å²) in [6.45, 7) is 3.80. The van der Waals surface area contributed by atoms with Gasteiger partial charge in [-0.2, -0.15) is 0 Å². The van der Waals surface area contributed by atoms with Gasteiger partial charge in [0.1, 0.15) is 16.5 Å². The summed E-state index contributed by atoms with van der Waals surface area (Å²) in [5.41, 5.74) is 3.12. The molecule has 25 heavy (non-hydrogen) atoms. The van der Waals surface area contributed by atoms with Gasteiger partial charge in [0.05, 0.1) is 12.8 Å². The number of hydrogen-bond acceptors (Lipinski definition) is 4. The van der Waals surface area contributed by atoms with Crippen molar-refractivity contribution in [3.05, 3.63) is 64.3 Å². The molecule has 1 heterocycles. The van der Waals surface area contributed by atoms with Crippen molar-refractivity contribution in [1.82, 2.24) is 0 Å². The molecule has 128 valence electrons. The molecule has 2 amide bonds. The van der Waals surface area contributed by atoms with Crippen LogP contribution in [0.25, 0.3) is 0 Å². The number of imide groups is 1. The second kappa shape index (κ2) is 6.61. The van der Waals surface area contributed by atoms with Crippen molar-refractivity contribution in [3.63, 3.8) is 0 Å². The van der Waals surface area contributed by atoms with E-state index in [2.05, 4.69) is 5.32 Å². The Labute approximate surface area is 150 Å². The standard InChI is InChI=1S/C19H17ClN2O3/c1-11-4-9-15(12(2)10-11)22-18(23)16(20)17(19(22)24)21-13-5-7-14(25-3)8-6-13/h4-10,21H,1-3H3. The number of aryl methyl sites for hydroxylation is 2. The van der Waals surface area contributed by atoms with Gasteiger partial charge in [-0.25, -0.2) is 4.90 Å². The molecule has 0 saturated heterocycles. The van der Waals surface area contributed by atoms with Gasteiger partial charge in [0.25, 0.3) is 11.8 Å². The topological polar surface area (TPSA) is 58.6 Å². The number of hydrogen-bond donors (Lipinski definition) is 1. The van der Waals surface area contributed by atoms with Gasteiger partial charge in [0.15, 0.2) is 0 Å². The van der Waals surface area contributed by atoms with E-state index in [4.69, 9.17) is 16.3 Å². The third-order valence-corrected chi connectivity index (χ3v) is 4.33. The molecule has 3 rings (SSSR count). The number of ether oxygens (including phenoxy) is 1. The number of amides is 2. The lowest BCUT2D eigenvalue weighted by Crippen LogP contribution is -2.32. The number of nitrogens with one attached hydrogen (secondary N) is 1. The SMILES string of the molecule is COc1ccc(NC2=C(Cl)C(=O)N(c3ccc(C)cc3C)C2=O)cc1. The predicted octanol–water partition coefficient (Wildman–Crippen LogP) is 3.75. The molecule has 2 aromatic carbocycles. The van der Waals surface area contributed by atoms with Crippen LogP contribution in [0.15, 0.2) is 53.2 Å². The van der Waals surface area contributed by atoms with Crippen LogP contribution in [0, 0.1) is 13.8 Å².